The Kier molecular flexibility index (Phi) is 6.68. The lowest BCUT2D eigenvalue weighted by Crippen LogP contribution is -2.36. The SMILES string of the molecule is Cn1cc(C(=O)N2CCCCC2)cc(NC(=O)c2ccccc2SC(F)F)c1=O. The minimum Gasteiger partial charge on any atom is -0.339 e. The van der Waals surface area contributed by atoms with E-state index in [1.165, 1.54) is 36.0 Å². The van der Waals surface area contributed by atoms with E-state index in [1.54, 1.807) is 17.0 Å². The molecular weight excluding hydrogens is 400 g/mol. The Hall–Kier alpha value is -2.68. The molecule has 1 fully saturated rings. The van der Waals surface area contributed by atoms with Gasteiger partial charge < -0.3 is 14.8 Å². The first-order chi connectivity index (χ1) is 13.9. The Morgan fingerprint density at radius 1 is 1.14 bits per heavy atom. The summed E-state index contributed by atoms with van der Waals surface area (Å²) in [6.45, 7) is 1.31. The minimum absolute atomic E-state index is 0.0348. The number of aromatic nitrogens is 1. The molecule has 29 heavy (non-hydrogen) atoms. The second kappa shape index (κ2) is 9.21. The fourth-order valence-corrected chi connectivity index (χ4v) is 3.88. The molecule has 0 atom stereocenters. The number of halogens is 2. The highest BCUT2D eigenvalue weighted by Crippen LogP contribution is 2.28. The van der Waals surface area contributed by atoms with E-state index in [0.29, 0.717) is 18.7 Å². The number of hydrogen-bond donors (Lipinski definition) is 1. The number of hydrogen-bond acceptors (Lipinski definition) is 4. The molecule has 0 spiro atoms. The van der Waals surface area contributed by atoms with Crippen molar-refractivity contribution in [2.75, 3.05) is 18.4 Å². The van der Waals surface area contributed by atoms with Gasteiger partial charge in [0.15, 0.2) is 0 Å². The molecule has 2 aromatic rings. The summed E-state index contributed by atoms with van der Waals surface area (Å²) in [6.07, 6.45) is 4.38. The number of rotatable bonds is 5. The number of anilines is 1. The smallest absolute Gasteiger partial charge is 0.288 e. The largest absolute Gasteiger partial charge is 0.339 e. The van der Waals surface area contributed by atoms with Crippen LogP contribution in [0.5, 0.6) is 0 Å². The molecule has 0 unspecified atom stereocenters. The average Bonchev–Trinajstić information content (AvgIpc) is 2.71. The average molecular weight is 421 g/mol. The fourth-order valence-electron chi connectivity index (χ4n) is 3.24. The third-order valence-electron chi connectivity index (χ3n) is 4.67. The van der Waals surface area contributed by atoms with Gasteiger partial charge in [-0.1, -0.05) is 23.9 Å². The van der Waals surface area contributed by atoms with E-state index < -0.39 is 17.2 Å². The Bertz CT molecular complexity index is 972. The lowest BCUT2D eigenvalue weighted by Gasteiger charge is -2.27. The number of amides is 2. The summed E-state index contributed by atoms with van der Waals surface area (Å²) in [4.78, 5) is 39.7. The predicted octanol–water partition coefficient (Wildman–Crippen LogP) is 3.58. The molecule has 0 saturated carbocycles. The summed E-state index contributed by atoms with van der Waals surface area (Å²) < 4.78 is 26.8. The fraction of sp³-hybridized carbons (Fsp3) is 0.350. The maximum Gasteiger partial charge on any atom is 0.288 e. The van der Waals surface area contributed by atoms with E-state index in [-0.39, 0.29) is 33.8 Å². The van der Waals surface area contributed by atoms with Crippen LogP contribution in [0, 0.1) is 0 Å². The van der Waals surface area contributed by atoms with Gasteiger partial charge in [-0.2, -0.15) is 8.78 Å². The van der Waals surface area contributed by atoms with Gasteiger partial charge in [0.25, 0.3) is 23.1 Å². The minimum atomic E-state index is -2.68. The molecule has 6 nitrogen and oxygen atoms in total. The Balaban J connectivity index is 1.87. The van der Waals surface area contributed by atoms with Crippen molar-refractivity contribution < 1.29 is 18.4 Å². The van der Waals surface area contributed by atoms with Crippen molar-refractivity contribution >= 4 is 29.3 Å². The van der Waals surface area contributed by atoms with Gasteiger partial charge in [0, 0.05) is 31.2 Å². The van der Waals surface area contributed by atoms with Gasteiger partial charge in [-0.25, -0.2) is 0 Å². The summed E-state index contributed by atoms with van der Waals surface area (Å²) in [5, 5.41) is 2.48. The maximum atomic E-state index is 12.8. The zero-order valence-corrected chi connectivity index (χ0v) is 16.7. The lowest BCUT2D eigenvalue weighted by atomic mass is 10.1. The Morgan fingerprint density at radius 3 is 2.52 bits per heavy atom. The van der Waals surface area contributed by atoms with Gasteiger partial charge in [0.2, 0.25) is 0 Å². The second-order valence-corrected chi connectivity index (χ2v) is 7.77. The number of piperidine rings is 1. The summed E-state index contributed by atoms with van der Waals surface area (Å²) in [7, 11) is 1.49. The molecule has 2 amide bonds. The van der Waals surface area contributed by atoms with E-state index in [9.17, 15) is 23.2 Å². The number of carbonyl (C=O) groups is 2. The first kappa shape index (κ1) is 21.0. The monoisotopic (exact) mass is 421 g/mol. The van der Waals surface area contributed by atoms with E-state index in [4.69, 9.17) is 0 Å². The molecule has 1 aliphatic heterocycles. The van der Waals surface area contributed by atoms with Crippen LogP contribution in [0.2, 0.25) is 0 Å². The van der Waals surface area contributed by atoms with Gasteiger partial charge in [0.05, 0.1) is 11.1 Å². The van der Waals surface area contributed by atoms with E-state index in [0.717, 1.165) is 19.3 Å². The van der Waals surface area contributed by atoms with Crippen molar-refractivity contribution in [3.63, 3.8) is 0 Å². The normalized spacial score (nSPS) is 14.1. The number of aryl methyl sites for hydroxylation is 1. The third-order valence-corrected chi connectivity index (χ3v) is 5.46. The van der Waals surface area contributed by atoms with Crippen LogP contribution in [-0.4, -0.2) is 40.1 Å². The number of carbonyl (C=O) groups excluding carboxylic acids is 2. The highest BCUT2D eigenvalue weighted by molar-refractivity contribution is 7.99. The molecule has 0 aliphatic carbocycles. The van der Waals surface area contributed by atoms with Crippen LogP contribution >= 0.6 is 11.8 Å². The van der Waals surface area contributed by atoms with Gasteiger partial charge in [-0.05, 0) is 37.5 Å². The van der Waals surface area contributed by atoms with Crippen LogP contribution in [-0.2, 0) is 7.05 Å². The van der Waals surface area contributed by atoms with Gasteiger partial charge in [-0.3, -0.25) is 14.4 Å². The van der Waals surface area contributed by atoms with Crippen LogP contribution in [0.1, 0.15) is 40.0 Å². The highest BCUT2D eigenvalue weighted by Gasteiger charge is 2.21. The van der Waals surface area contributed by atoms with E-state index in [2.05, 4.69) is 5.32 Å². The maximum absolute atomic E-state index is 12.8. The molecule has 1 aromatic carbocycles. The molecule has 0 radical (unpaired) electrons. The van der Waals surface area contributed by atoms with Crippen LogP contribution in [0.25, 0.3) is 0 Å². The van der Waals surface area contributed by atoms with Crippen LogP contribution < -0.4 is 10.9 Å². The van der Waals surface area contributed by atoms with Crippen molar-refractivity contribution in [2.45, 2.75) is 29.9 Å². The molecule has 9 heteroatoms. The number of nitrogens with zero attached hydrogens (tertiary/aromatic N) is 2. The number of alkyl halides is 2. The van der Waals surface area contributed by atoms with Gasteiger partial charge in [0.1, 0.15) is 5.69 Å². The zero-order chi connectivity index (χ0) is 21.0. The molecule has 0 bridgehead atoms. The van der Waals surface area contributed by atoms with Crippen LogP contribution in [0.3, 0.4) is 0 Å². The number of nitrogens with one attached hydrogen (secondary N) is 1. The number of pyridine rings is 1. The van der Waals surface area contributed by atoms with Crippen LogP contribution in [0.15, 0.2) is 46.2 Å². The van der Waals surface area contributed by atoms with Crippen molar-refractivity contribution in [3.05, 3.63) is 58.0 Å². The zero-order valence-electron chi connectivity index (χ0n) is 15.9. The molecule has 1 saturated heterocycles. The molecule has 3 rings (SSSR count). The van der Waals surface area contributed by atoms with Gasteiger partial charge in [-0.15, -0.1) is 0 Å². The van der Waals surface area contributed by atoms with Crippen molar-refractivity contribution in [2.24, 2.45) is 7.05 Å². The van der Waals surface area contributed by atoms with Crippen molar-refractivity contribution in [1.82, 2.24) is 9.47 Å². The first-order valence-electron chi connectivity index (χ1n) is 9.22. The predicted molar refractivity (Wildman–Crippen MR) is 108 cm³/mol. The number of benzene rings is 1. The molecule has 154 valence electrons. The van der Waals surface area contributed by atoms with Crippen molar-refractivity contribution in [3.8, 4) is 0 Å². The van der Waals surface area contributed by atoms with Crippen molar-refractivity contribution in [1.29, 1.82) is 0 Å². The number of likely N-dealkylation sites (tertiary alicyclic amines) is 1. The Labute approximate surface area is 170 Å². The lowest BCUT2D eigenvalue weighted by molar-refractivity contribution is 0.0723. The first-order valence-corrected chi connectivity index (χ1v) is 10.1. The molecule has 1 N–H and O–H groups in total. The molecule has 1 aromatic heterocycles. The topological polar surface area (TPSA) is 71.4 Å². The standard InChI is InChI=1S/C20H21F2N3O3S/c1-24-12-13(18(27)25-9-5-2-6-10-25)11-15(19(24)28)23-17(26)14-7-3-4-8-16(14)29-20(21)22/h3-4,7-8,11-12,20H,2,5-6,9-10H2,1H3,(H,23,26). The molecule has 1 aliphatic rings. The van der Waals surface area contributed by atoms with Gasteiger partial charge >= 0.3 is 0 Å². The quantitative estimate of drug-likeness (QED) is 0.750. The Morgan fingerprint density at radius 2 is 1.83 bits per heavy atom. The molecule has 2 heterocycles. The number of thioether (sulfide) groups is 1. The highest BCUT2D eigenvalue weighted by atomic mass is 32.2. The third kappa shape index (κ3) is 5.03. The van der Waals surface area contributed by atoms with Crippen LogP contribution in [0.4, 0.5) is 14.5 Å². The summed E-state index contributed by atoms with van der Waals surface area (Å²) in [6, 6.07) is 7.28. The second-order valence-electron chi connectivity index (χ2n) is 6.74. The van der Waals surface area contributed by atoms with E-state index >= 15 is 0 Å². The van der Waals surface area contributed by atoms with E-state index in [1.807, 2.05) is 0 Å². The summed E-state index contributed by atoms with van der Waals surface area (Å²) in [5.41, 5.74) is -0.239. The molecular formula is C20H21F2N3O3S. The summed E-state index contributed by atoms with van der Waals surface area (Å²) in [5.74, 6) is -3.57. The summed E-state index contributed by atoms with van der Waals surface area (Å²) >= 11 is 0.260.